The van der Waals surface area contributed by atoms with Crippen molar-refractivity contribution in [3.63, 3.8) is 0 Å². The number of nitrogens with zero attached hydrogens (tertiary/aromatic N) is 1. The van der Waals surface area contributed by atoms with Crippen LogP contribution in [0.3, 0.4) is 0 Å². The number of halogens is 1. The van der Waals surface area contributed by atoms with Crippen LogP contribution in [0.4, 0.5) is 5.13 Å². The number of nitrogens with one attached hydrogen (secondary N) is 1. The van der Waals surface area contributed by atoms with E-state index in [-0.39, 0.29) is 5.91 Å². The first kappa shape index (κ1) is 9.85. The molecule has 14 heavy (non-hydrogen) atoms. The molecule has 72 valence electrons. The van der Waals surface area contributed by atoms with Crippen molar-refractivity contribution >= 4 is 55.2 Å². The van der Waals surface area contributed by atoms with Crippen molar-refractivity contribution in [3.05, 3.63) is 21.8 Å². The zero-order chi connectivity index (χ0) is 10.1. The Morgan fingerprint density at radius 2 is 2.36 bits per heavy atom. The van der Waals surface area contributed by atoms with Gasteiger partial charge in [0.15, 0.2) is 5.13 Å². The molecule has 0 bridgehead atoms. The normalized spacial score (nSPS) is 10.4. The largest absolute Gasteiger partial charge is 0.302 e. The summed E-state index contributed by atoms with van der Waals surface area (Å²) < 4.78 is 2.27. The van der Waals surface area contributed by atoms with Gasteiger partial charge in [-0.1, -0.05) is 11.3 Å². The maximum Gasteiger partial charge on any atom is 0.223 e. The van der Waals surface area contributed by atoms with Crippen LogP contribution in [0.1, 0.15) is 6.92 Å². The van der Waals surface area contributed by atoms with Gasteiger partial charge in [0.05, 0.1) is 10.2 Å². The summed E-state index contributed by atoms with van der Waals surface area (Å²) in [4.78, 5) is 15.1. The molecule has 2 aromatic rings. The Balaban J connectivity index is 2.46. The molecule has 1 amide bonds. The van der Waals surface area contributed by atoms with Gasteiger partial charge in [0, 0.05) is 10.5 Å². The highest BCUT2D eigenvalue weighted by Gasteiger charge is 2.04. The topological polar surface area (TPSA) is 42.0 Å². The summed E-state index contributed by atoms with van der Waals surface area (Å²) in [7, 11) is 0. The van der Waals surface area contributed by atoms with Crippen LogP contribution in [-0.2, 0) is 4.79 Å². The molecular formula is C9H7IN2OS. The summed E-state index contributed by atoms with van der Waals surface area (Å²) in [6, 6.07) is 6.01. The van der Waals surface area contributed by atoms with E-state index < -0.39 is 0 Å². The lowest BCUT2D eigenvalue weighted by Crippen LogP contribution is -2.04. The molecule has 0 saturated carbocycles. The van der Waals surface area contributed by atoms with Gasteiger partial charge in [-0.25, -0.2) is 4.98 Å². The van der Waals surface area contributed by atoms with Gasteiger partial charge >= 0.3 is 0 Å². The summed E-state index contributed by atoms with van der Waals surface area (Å²) >= 11 is 3.75. The molecule has 0 fully saturated rings. The van der Waals surface area contributed by atoms with E-state index in [2.05, 4.69) is 39.0 Å². The molecule has 0 radical (unpaired) electrons. The Morgan fingerprint density at radius 3 is 3.07 bits per heavy atom. The summed E-state index contributed by atoms with van der Waals surface area (Å²) in [5, 5.41) is 3.34. The first-order valence-electron chi connectivity index (χ1n) is 3.99. The molecule has 0 unspecified atom stereocenters. The van der Waals surface area contributed by atoms with Gasteiger partial charge in [0.25, 0.3) is 0 Å². The van der Waals surface area contributed by atoms with Crippen LogP contribution in [0.15, 0.2) is 18.2 Å². The first-order chi connectivity index (χ1) is 6.65. The molecule has 1 aromatic heterocycles. The Morgan fingerprint density at radius 1 is 1.57 bits per heavy atom. The lowest BCUT2D eigenvalue weighted by molar-refractivity contribution is -0.114. The SMILES string of the molecule is CC(=O)Nc1nc2ccc(I)cc2s1. The number of fused-ring (bicyclic) bond motifs is 1. The van der Waals surface area contributed by atoms with Crippen LogP contribution in [0.25, 0.3) is 10.2 Å². The van der Waals surface area contributed by atoms with Gasteiger partial charge in [-0.3, -0.25) is 4.79 Å². The number of benzene rings is 1. The smallest absolute Gasteiger partial charge is 0.223 e. The van der Waals surface area contributed by atoms with Crippen molar-refractivity contribution in [2.24, 2.45) is 0 Å². The number of amides is 1. The fourth-order valence-corrected chi connectivity index (χ4v) is 2.76. The van der Waals surface area contributed by atoms with E-state index in [1.807, 2.05) is 12.1 Å². The third kappa shape index (κ3) is 2.03. The minimum atomic E-state index is -0.0845. The Bertz CT molecular complexity index is 495. The van der Waals surface area contributed by atoms with Crippen molar-refractivity contribution in [2.75, 3.05) is 5.32 Å². The highest BCUT2D eigenvalue weighted by molar-refractivity contribution is 14.1. The molecule has 0 saturated heterocycles. The number of hydrogen-bond acceptors (Lipinski definition) is 3. The van der Waals surface area contributed by atoms with Gasteiger partial charge in [-0.05, 0) is 40.8 Å². The molecular weight excluding hydrogens is 311 g/mol. The summed E-state index contributed by atoms with van der Waals surface area (Å²) in [6.07, 6.45) is 0. The van der Waals surface area contributed by atoms with Crippen LogP contribution in [0, 0.1) is 3.57 Å². The van der Waals surface area contributed by atoms with Gasteiger partial charge in [-0.15, -0.1) is 0 Å². The average Bonchev–Trinajstić information content (AvgIpc) is 2.44. The van der Waals surface area contributed by atoms with Gasteiger partial charge in [0.1, 0.15) is 0 Å². The molecule has 3 nitrogen and oxygen atoms in total. The lowest BCUT2D eigenvalue weighted by Gasteiger charge is -1.91. The van der Waals surface area contributed by atoms with Gasteiger partial charge < -0.3 is 5.32 Å². The fourth-order valence-electron chi connectivity index (χ4n) is 1.10. The Kier molecular flexibility index (Phi) is 2.69. The minimum absolute atomic E-state index is 0.0845. The maximum atomic E-state index is 10.8. The number of anilines is 1. The zero-order valence-corrected chi connectivity index (χ0v) is 10.3. The highest BCUT2D eigenvalue weighted by atomic mass is 127. The summed E-state index contributed by atoms with van der Waals surface area (Å²) in [5.74, 6) is -0.0845. The number of rotatable bonds is 1. The second-order valence-electron chi connectivity index (χ2n) is 2.81. The van der Waals surface area contributed by atoms with E-state index in [9.17, 15) is 4.79 Å². The van der Waals surface area contributed by atoms with Crippen LogP contribution in [-0.4, -0.2) is 10.9 Å². The van der Waals surface area contributed by atoms with Crippen molar-refractivity contribution in [3.8, 4) is 0 Å². The minimum Gasteiger partial charge on any atom is -0.302 e. The number of carbonyl (C=O) groups excluding carboxylic acids is 1. The average molecular weight is 318 g/mol. The van der Waals surface area contributed by atoms with Crippen LogP contribution in [0.5, 0.6) is 0 Å². The van der Waals surface area contributed by atoms with E-state index in [1.54, 1.807) is 0 Å². The highest BCUT2D eigenvalue weighted by Crippen LogP contribution is 2.27. The van der Waals surface area contributed by atoms with E-state index in [4.69, 9.17) is 0 Å². The molecule has 0 aliphatic heterocycles. The van der Waals surface area contributed by atoms with Gasteiger partial charge in [-0.2, -0.15) is 0 Å². The second-order valence-corrected chi connectivity index (χ2v) is 5.09. The number of thiazole rings is 1. The van der Waals surface area contributed by atoms with E-state index in [0.29, 0.717) is 5.13 Å². The van der Waals surface area contributed by atoms with Crippen molar-refractivity contribution in [1.29, 1.82) is 0 Å². The van der Waals surface area contributed by atoms with Crippen molar-refractivity contribution < 1.29 is 4.79 Å². The molecule has 0 aliphatic carbocycles. The molecule has 2 rings (SSSR count). The molecule has 1 aromatic carbocycles. The molecule has 1 heterocycles. The monoisotopic (exact) mass is 318 g/mol. The molecule has 0 spiro atoms. The van der Waals surface area contributed by atoms with E-state index in [0.717, 1.165) is 10.2 Å². The second kappa shape index (κ2) is 3.82. The molecule has 0 aliphatic rings. The van der Waals surface area contributed by atoms with Crippen molar-refractivity contribution in [2.45, 2.75) is 6.92 Å². The Labute approximate surface area is 98.7 Å². The third-order valence-corrected chi connectivity index (χ3v) is 3.24. The third-order valence-electron chi connectivity index (χ3n) is 1.63. The predicted octanol–water partition coefficient (Wildman–Crippen LogP) is 2.86. The predicted molar refractivity (Wildman–Crippen MR) is 66.6 cm³/mol. The molecule has 5 heteroatoms. The van der Waals surface area contributed by atoms with Crippen LogP contribution >= 0.6 is 33.9 Å². The summed E-state index contributed by atoms with van der Waals surface area (Å²) in [6.45, 7) is 1.48. The standard InChI is InChI=1S/C9H7IN2OS/c1-5(13)11-9-12-7-3-2-6(10)4-8(7)14-9/h2-4H,1H3,(H,11,12,13). The number of carbonyl (C=O) groups is 1. The number of aromatic nitrogens is 1. The quantitative estimate of drug-likeness (QED) is 0.822. The fraction of sp³-hybridized carbons (Fsp3) is 0.111. The Hall–Kier alpha value is -0.690. The zero-order valence-electron chi connectivity index (χ0n) is 7.37. The van der Waals surface area contributed by atoms with Crippen LogP contribution in [0.2, 0.25) is 0 Å². The maximum absolute atomic E-state index is 10.8. The van der Waals surface area contributed by atoms with E-state index in [1.165, 1.54) is 21.8 Å². The van der Waals surface area contributed by atoms with E-state index >= 15 is 0 Å². The molecule has 0 atom stereocenters. The summed E-state index contributed by atoms with van der Waals surface area (Å²) in [5.41, 5.74) is 0.930. The first-order valence-corrected chi connectivity index (χ1v) is 5.88. The van der Waals surface area contributed by atoms with Crippen molar-refractivity contribution in [1.82, 2.24) is 4.98 Å². The molecule has 1 N–H and O–H groups in total. The van der Waals surface area contributed by atoms with Gasteiger partial charge in [0.2, 0.25) is 5.91 Å². The number of hydrogen-bond donors (Lipinski definition) is 1. The van der Waals surface area contributed by atoms with Crippen LogP contribution < -0.4 is 5.32 Å². The lowest BCUT2D eigenvalue weighted by atomic mass is 10.3.